The lowest BCUT2D eigenvalue weighted by molar-refractivity contribution is 0.887. The minimum atomic E-state index is 0.704. The summed E-state index contributed by atoms with van der Waals surface area (Å²) in [5, 5.41) is 12.3. The highest BCUT2D eigenvalue weighted by molar-refractivity contribution is 7.09. The van der Waals surface area contributed by atoms with Gasteiger partial charge in [0.2, 0.25) is 0 Å². The minimum Gasteiger partial charge on any atom is -0.368 e. The van der Waals surface area contributed by atoms with E-state index in [4.69, 9.17) is 5.26 Å². The van der Waals surface area contributed by atoms with Gasteiger partial charge in [-0.2, -0.15) is 5.26 Å². The summed E-state index contributed by atoms with van der Waals surface area (Å²) in [4.78, 5) is 6.52. The van der Waals surface area contributed by atoms with Crippen LogP contribution in [-0.4, -0.2) is 12.0 Å². The maximum absolute atomic E-state index is 9.14. The van der Waals surface area contributed by atoms with E-state index in [0.717, 1.165) is 28.5 Å². The summed E-state index contributed by atoms with van der Waals surface area (Å²) in [7, 11) is 1.99. The molecule has 0 unspecified atom stereocenters. The minimum absolute atomic E-state index is 0.704. The highest BCUT2D eigenvalue weighted by Gasteiger charge is 2.09. The Labute approximate surface area is 111 Å². The molecule has 1 aromatic heterocycles. The SMILES string of the molecule is Cc1ccc(C#N)c(N(C)Cc2csc(C)n2)c1. The standard InChI is InChI=1S/C14H15N3S/c1-10-4-5-12(7-15)14(6-10)17(3)8-13-9-18-11(2)16-13/h4-6,9H,8H2,1-3H3. The third-order valence-electron chi connectivity index (χ3n) is 2.75. The fourth-order valence-corrected chi connectivity index (χ4v) is 2.46. The van der Waals surface area contributed by atoms with Gasteiger partial charge in [0.05, 0.1) is 28.5 Å². The maximum Gasteiger partial charge on any atom is 0.101 e. The first-order valence-electron chi connectivity index (χ1n) is 5.73. The van der Waals surface area contributed by atoms with Gasteiger partial charge in [-0.25, -0.2) is 4.98 Å². The van der Waals surface area contributed by atoms with E-state index in [2.05, 4.69) is 21.3 Å². The Balaban J connectivity index is 2.26. The normalized spacial score (nSPS) is 10.1. The maximum atomic E-state index is 9.14. The molecule has 0 bridgehead atoms. The molecule has 0 radical (unpaired) electrons. The molecule has 3 nitrogen and oxygen atoms in total. The summed E-state index contributed by atoms with van der Waals surface area (Å²) >= 11 is 1.65. The van der Waals surface area contributed by atoms with Crippen molar-refractivity contribution in [3.63, 3.8) is 0 Å². The molecule has 0 atom stereocenters. The Morgan fingerprint density at radius 1 is 1.39 bits per heavy atom. The molecule has 18 heavy (non-hydrogen) atoms. The summed E-state index contributed by atoms with van der Waals surface area (Å²) in [6.45, 7) is 4.76. The zero-order valence-corrected chi connectivity index (χ0v) is 11.6. The highest BCUT2D eigenvalue weighted by atomic mass is 32.1. The molecule has 0 fully saturated rings. The molecule has 92 valence electrons. The quantitative estimate of drug-likeness (QED) is 0.847. The molecule has 1 heterocycles. The Bertz CT molecular complexity index is 595. The molecular formula is C14H15N3S. The summed E-state index contributed by atoms with van der Waals surface area (Å²) in [6, 6.07) is 8.10. The van der Waals surface area contributed by atoms with Crippen LogP contribution in [0.15, 0.2) is 23.6 Å². The van der Waals surface area contributed by atoms with E-state index in [1.54, 1.807) is 11.3 Å². The van der Waals surface area contributed by atoms with Crippen molar-refractivity contribution < 1.29 is 0 Å². The van der Waals surface area contributed by atoms with Gasteiger partial charge in [0.25, 0.3) is 0 Å². The second kappa shape index (κ2) is 5.19. The number of rotatable bonds is 3. The molecule has 0 aliphatic heterocycles. The molecule has 4 heteroatoms. The van der Waals surface area contributed by atoms with Crippen LogP contribution in [0.25, 0.3) is 0 Å². The Hall–Kier alpha value is -1.86. The lowest BCUT2D eigenvalue weighted by Crippen LogP contribution is -2.18. The van der Waals surface area contributed by atoms with Gasteiger partial charge < -0.3 is 4.90 Å². The number of aromatic nitrogens is 1. The zero-order chi connectivity index (χ0) is 13.1. The van der Waals surface area contributed by atoms with Crippen LogP contribution >= 0.6 is 11.3 Å². The van der Waals surface area contributed by atoms with Crippen molar-refractivity contribution in [2.24, 2.45) is 0 Å². The first kappa shape index (κ1) is 12.6. The topological polar surface area (TPSA) is 39.9 Å². The van der Waals surface area contributed by atoms with E-state index in [-0.39, 0.29) is 0 Å². The van der Waals surface area contributed by atoms with E-state index in [9.17, 15) is 0 Å². The van der Waals surface area contributed by atoms with E-state index in [0.29, 0.717) is 5.56 Å². The molecule has 1 aromatic carbocycles. The van der Waals surface area contributed by atoms with Crippen molar-refractivity contribution in [3.8, 4) is 6.07 Å². The zero-order valence-electron chi connectivity index (χ0n) is 10.8. The first-order valence-corrected chi connectivity index (χ1v) is 6.61. The lowest BCUT2D eigenvalue weighted by atomic mass is 10.1. The third-order valence-corrected chi connectivity index (χ3v) is 3.57. The number of anilines is 1. The monoisotopic (exact) mass is 257 g/mol. The molecule has 0 amide bonds. The van der Waals surface area contributed by atoms with Crippen LogP contribution in [0.3, 0.4) is 0 Å². The van der Waals surface area contributed by atoms with Crippen LogP contribution in [0.1, 0.15) is 21.8 Å². The van der Waals surface area contributed by atoms with Gasteiger partial charge in [-0.05, 0) is 31.5 Å². The van der Waals surface area contributed by atoms with Gasteiger partial charge in [0.15, 0.2) is 0 Å². The summed E-state index contributed by atoms with van der Waals surface area (Å²) in [6.07, 6.45) is 0. The van der Waals surface area contributed by atoms with Crippen molar-refractivity contribution >= 4 is 17.0 Å². The highest BCUT2D eigenvalue weighted by Crippen LogP contribution is 2.22. The van der Waals surface area contributed by atoms with Crippen LogP contribution in [0.4, 0.5) is 5.69 Å². The summed E-state index contributed by atoms with van der Waals surface area (Å²) in [5.74, 6) is 0. The second-order valence-electron chi connectivity index (χ2n) is 4.35. The van der Waals surface area contributed by atoms with Crippen molar-refractivity contribution in [1.29, 1.82) is 5.26 Å². The number of aryl methyl sites for hydroxylation is 2. The fraction of sp³-hybridized carbons (Fsp3) is 0.286. The number of thiazole rings is 1. The Kier molecular flexibility index (Phi) is 3.63. The van der Waals surface area contributed by atoms with E-state index in [1.807, 2.05) is 39.1 Å². The molecule has 2 rings (SSSR count). The largest absolute Gasteiger partial charge is 0.368 e. The predicted octanol–water partition coefficient (Wildman–Crippen LogP) is 3.27. The fourth-order valence-electron chi connectivity index (χ4n) is 1.86. The third kappa shape index (κ3) is 2.69. The van der Waals surface area contributed by atoms with Crippen molar-refractivity contribution in [3.05, 3.63) is 45.4 Å². The predicted molar refractivity (Wildman–Crippen MR) is 74.9 cm³/mol. The van der Waals surface area contributed by atoms with Crippen LogP contribution in [0, 0.1) is 25.2 Å². The van der Waals surface area contributed by atoms with Crippen molar-refractivity contribution in [1.82, 2.24) is 4.98 Å². The lowest BCUT2D eigenvalue weighted by Gasteiger charge is -2.19. The Morgan fingerprint density at radius 2 is 2.17 bits per heavy atom. The van der Waals surface area contributed by atoms with Crippen LogP contribution < -0.4 is 4.90 Å². The van der Waals surface area contributed by atoms with Crippen LogP contribution in [-0.2, 0) is 6.54 Å². The molecular weight excluding hydrogens is 242 g/mol. The number of hydrogen-bond donors (Lipinski definition) is 0. The second-order valence-corrected chi connectivity index (χ2v) is 5.41. The number of benzene rings is 1. The van der Waals surface area contributed by atoms with Crippen LogP contribution in [0.2, 0.25) is 0 Å². The first-order chi connectivity index (χ1) is 8.60. The summed E-state index contributed by atoms with van der Waals surface area (Å²) < 4.78 is 0. The molecule has 0 N–H and O–H groups in total. The van der Waals surface area contributed by atoms with Gasteiger partial charge in [0.1, 0.15) is 6.07 Å². The average molecular weight is 257 g/mol. The van der Waals surface area contributed by atoms with Crippen LogP contribution in [0.5, 0.6) is 0 Å². The van der Waals surface area contributed by atoms with Gasteiger partial charge in [-0.15, -0.1) is 11.3 Å². The molecule has 0 saturated carbocycles. The van der Waals surface area contributed by atoms with E-state index >= 15 is 0 Å². The van der Waals surface area contributed by atoms with Gasteiger partial charge in [0, 0.05) is 12.4 Å². The molecule has 0 aliphatic carbocycles. The van der Waals surface area contributed by atoms with Crippen molar-refractivity contribution in [2.75, 3.05) is 11.9 Å². The molecule has 0 saturated heterocycles. The smallest absolute Gasteiger partial charge is 0.101 e. The van der Waals surface area contributed by atoms with E-state index in [1.165, 1.54) is 0 Å². The number of nitrogens with zero attached hydrogens (tertiary/aromatic N) is 3. The van der Waals surface area contributed by atoms with Crippen molar-refractivity contribution in [2.45, 2.75) is 20.4 Å². The Morgan fingerprint density at radius 3 is 2.78 bits per heavy atom. The molecule has 0 spiro atoms. The number of hydrogen-bond acceptors (Lipinski definition) is 4. The van der Waals surface area contributed by atoms with E-state index < -0.39 is 0 Å². The average Bonchev–Trinajstić information content (AvgIpc) is 2.74. The molecule has 0 aliphatic rings. The van der Waals surface area contributed by atoms with Gasteiger partial charge in [-0.1, -0.05) is 6.07 Å². The molecule has 2 aromatic rings. The van der Waals surface area contributed by atoms with Gasteiger partial charge >= 0.3 is 0 Å². The summed E-state index contributed by atoms with van der Waals surface area (Å²) in [5.41, 5.74) is 3.87. The van der Waals surface area contributed by atoms with Gasteiger partial charge in [-0.3, -0.25) is 0 Å². The number of nitriles is 1.